The monoisotopic (exact) mass is 390 g/mol. The lowest BCUT2D eigenvalue weighted by atomic mass is 9.92. The van der Waals surface area contributed by atoms with Crippen LogP contribution in [0.1, 0.15) is 36.5 Å². The van der Waals surface area contributed by atoms with E-state index < -0.39 is 0 Å². The van der Waals surface area contributed by atoms with Crippen molar-refractivity contribution < 1.29 is 14.0 Å². The molecule has 1 fully saturated rings. The van der Waals surface area contributed by atoms with E-state index in [9.17, 15) is 9.59 Å². The number of furan rings is 1. The third-order valence-corrected chi connectivity index (χ3v) is 5.39. The minimum atomic E-state index is -0.330. The van der Waals surface area contributed by atoms with Gasteiger partial charge in [-0.15, -0.1) is 11.3 Å². The number of aromatic nitrogens is 1. The fourth-order valence-electron chi connectivity index (χ4n) is 3.62. The van der Waals surface area contributed by atoms with Gasteiger partial charge in [0.15, 0.2) is 10.9 Å². The van der Waals surface area contributed by atoms with E-state index in [0.29, 0.717) is 17.0 Å². The lowest BCUT2D eigenvalue weighted by Gasteiger charge is -2.34. The molecule has 2 amide bonds. The molecule has 0 spiro atoms. The molecule has 2 atom stereocenters. The molecule has 2 aromatic rings. The van der Waals surface area contributed by atoms with Crippen LogP contribution in [0.25, 0.3) is 0 Å². The van der Waals surface area contributed by atoms with Crippen LogP contribution in [-0.4, -0.2) is 53.3 Å². The van der Waals surface area contributed by atoms with Crippen LogP contribution in [0.15, 0.2) is 28.2 Å². The molecule has 3 rings (SSSR count). The summed E-state index contributed by atoms with van der Waals surface area (Å²) in [5.41, 5.74) is 0.969. The molecule has 0 saturated carbocycles. The molecule has 27 heavy (non-hydrogen) atoms. The molecule has 7 nitrogen and oxygen atoms in total. The van der Waals surface area contributed by atoms with E-state index in [1.807, 2.05) is 5.38 Å². The number of carbonyl (C=O) groups is 2. The normalized spacial score (nSPS) is 20.4. The van der Waals surface area contributed by atoms with Gasteiger partial charge in [-0.05, 0) is 30.4 Å². The number of hydrogen-bond donors (Lipinski definition) is 1. The van der Waals surface area contributed by atoms with E-state index in [2.05, 4.69) is 29.0 Å². The van der Waals surface area contributed by atoms with Crippen LogP contribution in [0.3, 0.4) is 0 Å². The average molecular weight is 391 g/mol. The van der Waals surface area contributed by atoms with Crippen molar-refractivity contribution >= 4 is 28.3 Å². The molecule has 0 bridgehead atoms. The zero-order valence-corrected chi connectivity index (χ0v) is 16.8. The van der Waals surface area contributed by atoms with Gasteiger partial charge in [-0.25, -0.2) is 4.98 Å². The zero-order chi connectivity index (χ0) is 19.4. The van der Waals surface area contributed by atoms with Gasteiger partial charge in [0.25, 0.3) is 5.91 Å². The zero-order valence-electron chi connectivity index (χ0n) is 16.0. The van der Waals surface area contributed by atoms with E-state index in [-0.39, 0.29) is 24.1 Å². The van der Waals surface area contributed by atoms with Crippen molar-refractivity contribution in [3.05, 3.63) is 35.2 Å². The summed E-state index contributed by atoms with van der Waals surface area (Å²) in [5.74, 6) is 1.01. The van der Waals surface area contributed by atoms with Crippen molar-refractivity contribution in [3.8, 4) is 0 Å². The van der Waals surface area contributed by atoms with Crippen LogP contribution in [-0.2, 0) is 11.3 Å². The highest BCUT2D eigenvalue weighted by molar-refractivity contribution is 7.13. The number of piperidine rings is 1. The summed E-state index contributed by atoms with van der Waals surface area (Å²) < 4.78 is 5.07. The molecular formula is C19H26N4O3S. The first-order valence-electron chi connectivity index (χ1n) is 9.16. The molecule has 146 valence electrons. The summed E-state index contributed by atoms with van der Waals surface area (Å²) >= 11 is 1.41. The van der Waals surface area contributed by atoms with E-state index in [0.717, 1.165) is 25.3 Å². The second kappa shape index (κ2) is 8.67. The van der Waals surface area contributed by atoms with Gasteiger partial charge in [0.1, 0.15) is 6.54 Å². The van der Waals surface area contributed by atoms with E-state index in [1.165, 1.54) is 28.9 Å². The number of thiazole rings is 1. The van der Waals surface area contributed by atoms with Gasteiger partial charge in [0, 0.05) is 32.1 Å². The fraction of sp³-hybridized carbons (Fsp3) is 0.526. The number of anilines is 1. The number of rotatable bonds is 6. The number of amides is 2. The molecule has 1 N–H and O–H groups in total. The predicted octanol–water partition coefficient (Wildman–Crippen LogP) is 2.92. The minimum absolute atomic E-state index is 0.0599. The van der Waals surface area contributed by atoms with Crippen molar-refractivity contribution in [2.45, 2.75) is 26.8 Å². The Hall–Kier alpha value is -2.19. The summed E-state index contributed by atoms with van der Waals surface area (Å²) in [6, 6.07) is 3.22. The first kappa shape index (κ1) is 19.6. The molecule has 2 unspecified atom stereocenters. The van der Waals surface area contributed by atoms with Gasteiger partial charge in [0.05, 0.1) is 12.0 Å². The van der Waals surface area contributed by atoms with Crippen LogP contribution in [0.5, 0.6) is 0 Å². The Morgan fingerprint density at radius 1 is 1.37 bits per heavy atom. The molecule has 0 aliphatic carbocycles. The number of likely N-dealkylation sites (tertiary alicyclic amines) is 1. The SMILES string of the molecule is CC1CC(C)CN(Cc2csc(NC(=O)CN(C)C(=O)c3ccco3)n2)C1. The molecule has 0 radical (unpaired) electrons. The second-order valence-electron chi connectivity index (χ2n) is 7.47. The van der Waals surface area contributed by atoms with Crippen molar-refractivity contribution in [2.24, 2.45) is 11.8 Å². The number of nitrogens with zero attached hydrogens (tertiary/aromatic N) is 3. The molecule has 3 heterocycles. The minimum Gasteiger partial charge on any atom is -0.459 e. The molecule has 1 aliphatic heterocycles. The highest BCUT2D eigenvalue weighted by Gasteiger charge is 2.22. The van der Waals surface area contributed by atoms with E-state index >= 15 is 0 Å². The second-order valence-corrected chi connectivity index (χ2v) is 8.33. The molecule has 1 saturated heterocycles. The number of hydrogen-bond acceptors (Lipinski definition) is 6. The third kappa shape index (κ3) is 5.40. The Kier molecular flexibility index (Phi) is 6.28. The number of nitrogens with one attached hydrogen (secondary N) is 1. The van der Waals surface area contributed by atoms with Gasteiger partial charge in [-0.2, -0.15) is 0 Å². The van der Waals surface area contributed by atoms with Gasteiger partial charge in [-0.1, -0.05) is 13.8 Å². The molecule has 0 aromatic carbocycles. The summed E-state index contributed by atoms with van der Waals surface area (Å²) in [5, 5.41) is 5.32. The highest BCUT2D eigenvalue weighted by Crippen LogP contribution is 2.24. The Morgan fingerprint density at radius 2 is 2.11 bits per heavy atom. The Morgan fingerprint density at radius 3 is 2.78 bits per heavy atom. The molecule has 2 aromatic heterocycles. The van der Waals surface area contributed by atoms with Crippen molar-refractivity contribution in [1.29, 1.82) is 0 Å². The average Bonchev–Trinajstić information content (AvgIpc) is 3.25. The maximum atomic E-state index is 12.2. The number of likely N-dealkylation sites (N-methyl/N-ethyl adjacent to an activating group) is 1. The Labute approximate surface area is 163 Å². The Balaban J connectivity index is 1.49. The van der Waals surface area contributed by atoms with Gasteiger partial charge in [0.2, 0.25) is 5.91 Å². The quantitative estimate of drug-likeness (QED) is 0.820. The maximum absolute atomic E-state index is 12.2. The van der Waals surface area contributed by atoms with E-state index in [4.69, 9.17) is 4.42 Å². The van der Waals surface area contributed by atoms with Crippen LogP contribution in [0, 0.1) is 11.8 Å². The maximum Gasteiger partial charge on any atom is 0.289 e. The van der Waals surface area contributed by atoms with Crippen molar-refractivity contribution in [1.82, 2.24) is 14.8 Å². The predicted molar refractivity (Wildman–Crippen MR) is 105 cm³/mol. The smallest absolute Gasteiger partial charge is 0.289 e. The highest BCUT2D eigenvalue weighted by atomic mass is 32.1. The van der Waals surface area contributed by atoms with Gasteiger partial charge in [-0.3, -0.25) is 14.5 Å². The van der Waals surface area contributed by atoms with Crippen molar-refractivity contribution in [3.63, 3.8) is 0 Å². The third-order valence-electron chi connectivity index (χ3n) is 4.59. The summed E-state index contributed by atoms with van der Waals surface area (Å²) in [4.78, 5) is 32.6. The lowest BCUT2D eigenvalue weighted by molar-refractivity contribution is -0.116. The van der Waals surface area contributed by atoms with Crippen LogP contribution in [0.4, 0.5) is 5.13 Å². The van der Waals surface area contributed by atoms with Gasteiger partial charge < -0.3 is 14.6 Å². The summed E-state index contributed by atoms with van der Waals surface area (Å²) in [7, 11) is 1.57. The lowest BCUT2D eigenvalue weighted by Crippen LogP contribution is -2.38. The standard InChI is InChI=1S/C19H26N4O3S/c1-13-7-14(2)9-23(8-13)10-15-12-27-19(20-15)21-17(24)11-22(3)18(25)16-5-4-6-26-16/h4-6,12-14H,7-11H2,1-3H3,(H,20,21,24). The van der Waals surface area contributed by atoms with Gasteiger partial charge >= 0.3 is 0 Å². The first-order valence-corrected chi connectivity index (χ1v) is 10.0. The summed E-state index contributed by atoms with van der Waals surface area (Å²) in [6.45, 7) is 7.49. The molecular weight excluding hydrogens is 364 g/mol. The summed E-state index contributed by atoms with van der Waals surface area (Å²) in [6.07, 6.45) is 2.71. The first-order chi connectivity index (χ1) is 12.9. The van der Waals surface area contributed by atoms with Crippen LogP contribution >= 0.6 is 11.3 Å². The van der Waals surface area contributed by atoms with Crippen LogP contribution in [0.2, 0.25) is 0 Å². The Bertz CT molecular complexity index is 764. The van der Waals surface area contributed by atoms with Crippen molar-refractivity contribution in [2.75, 3.05) is 32.0 Å². The largest absolute Gasteiger partial charge is 0.459 e. The topological polar surface area (TPSA) is 78.7 Å². The fourth-order valence-corrected chi connectivity index (χ4v) is 4.34. The number of carbonyl (C=O) groups excluding carboxylic acids is 2. The molecule has 1 aliphatic rings. The van der Waals surface area contributed by atoms with Crippen LogP contribution < -0.4 is 5.32 Å². The van der Waals surface area contributed by atoms with E-state index in [1.54, 1.807) is 19.2 Å². The molecule has 8 heteroatoms.